The summed E-state index contributed by atoms with van der Waals surface area (Å²) in [6.45, 7) is 4.21. The molecule has 0 amide bonds. The molecule has 2 heteroatoms. The summed E-state index contributed by atoms with van der Waals surface area (Å²) in [4.78, 5) is 0. The van der Waals surface area contributed by atoms with Crippen LogP contribution in [0.3, 0.4) is 0 Å². The van der Waals surface area contributed by atoms with E-state index in [-0.39, 0.29) is 6.04 Å². The fourth-order valence-electron chi connectivity index (χ4n) is 1.00. The van der Waals surface area contributed by atoms with E-state index < -0.39 is 0 Å². The Hall–Kier alpha value is -0.500. The summed E-state index contributed by atoms with van der Waals surface area (Å²) in [6, 6.07) is 0.181. The molecule has 4 N–H and O–H groups in total. The summed E-state index contributed by atoms with van der Waals surface area (Å²) in [6.07, 6.45) is 4.77. The standard InChI is InChI=1S/C8H18N2/c1-3-5-8(10)7(4-2)6-9/h6,8H,3-5,9-10H2,1-2H3/b7-6+. The predicted octanol–water partition coefficient (Wildman–Crippen LogP) is 1.37. The molecule has 0 fully saturated rings. The maximum Gasteiger partial charge on any atom is 0.0270 e. The quantitative estimate of drug-likeness (QED) is 0.622. The van der Waals surface area contributed by atoms with Gasteiger partial charge in [-0.05, 0) is 24.6 Å². The van der Waals surface area contributed by atoms with Gasteiger partial charge in [-0.2, -0.15) is 0 Å². The van der Waals surface area contributed by atoms with Crippen molar-refractivity contribution in [2.75, 3.05) is 0 Å². The van der Waals surface area contributed by atoms with Crippen molar-refractivity contribution in [3.63, 3.8) is 0 Å². The summed E-state index contributed by atoms with van der Waals surface area (Å²) < 4.78 is 0. The van der Waals surface area contributed by atoms with Crippen LogP contribution in [0.1, 0.15) is 33.1 Å². The summed E-state index contributed by atoms with van der Waals surface area (Å²) in [7, 11) is 0. The highest BCUT2D eigenvalue weighted by atomic mass is 14.6. The van der Waals surface area contributed by atoms with Gasteiger partial charge in [0.1, 0.15) is 0 Å². The van der Waals surface area contributed by atoms with Gasteiger partial charge in [-0.1, -0.05) is 20.3 Å². The first-order chi connectivity index (χ1) is 4.76. The topological polar surface area (TPSA) is 52.0 Å². The molecule has 10 heavy (non-hydrogen) atoms. The van der Waals surface area contributed by atoms with Crippen LogP contribution >= 0.6 is 0 Å². The minimum atomic E-state index is 0.181. The van der Waals surface area contributed by atoms with E-state index in [0.29, 0.717) is 0 Å². The van der Waals surface area contributed by atoms with Gasteiger partial charge in [0.25, 0.3) is 0 Å². The average molecular weight is 142 g/mol. The number of nitrogens with two attached hydrogens (primary N) is 2. The number of hydrogen-bond acceptors (Lipinski definition) is 2. The molecule has 0 radical (unpaired) electrons. The van der Waals surface area contributed by atoms with Crippen molar-refractivity contribution < 1.29 is 0 Å². The first-order valence-electron chi connectivity index (χ1n) is 3.92. The van der Waals surface area contributed by atoms with Crippen molar-refractivity contribution in [3.8, 4) is 0 Å². The van der Waals surface area contributed by atoms with Crippen LogP contribution in [0.5, 0.6) is 0 Å². The predicted molar refractivity (Wildman–Crippen MR) is 45.4 cm³/mol. The second-order valence-electron chi connectivity index (χ2n) is 2.49. The van der Waals surface area contributed by atoms with Crippen LogP contribution in [0, 0.1) is 0 Å². The minimum absolute atomic E-state index is 0.181. The second kappa shape index (κ2) is 5.30. The van der Waals surface area contributed by atoms with E-state index >= 15 is 0 Å². The van der Waals surface area contributed by atoms with Crippen molar-refractivity contribution in [2.24, 2.45) is 11.5 Å². The Labute approximate surface area is 63.3 Å². The van der Waals surface area contributed by atoms with E-state index in [4.69, 9.17) is 11.5 Å². The molecule has 0 aromatic carbocycles. The van der Waals surface area contributed by atoms with Gasteiger partial charge in [0, 0.05) is 6.04 Å². The smallest absolute Gasteiger partial charge is 0.0270 e. The lowest BCUT2D eigenvalue weighted by atomic mass is 10.0. The zero-order valence-electron chi connectivity index (χ0n) is 6.93. The molecule has 0 spiro atoms. The molecule has 1 atom stereocenters. The highest BCUT2D eigenvalue weighted by Crippen LogP contribution is 2.07. The maximum absolute atomic E-state index is 5.80. The maximum atomic E-state index is 5.80. The first-order valence-corrected chi connectivity index (χ1v) is 3.92. The van der Waals surface area contributed by atoms with Crippen molar-refractivity contribution in [2.45, 2.75) is 39.2 Å². The number of rotatable bonds is 4. The van der Waals surface area contributed by atoms with Gasteiger partial charge in [-0.3, -0.25) is 0 Å². The molecule has 0 aliphatic rings. The van der Waals surface area contributed by atoms with Crippen LogP contribution in [0.2, 0.25) is 0 Å². The molecule has 0 heterocycles. The molecule has 1 unspecified atom stereocenters. The van der Waals surface area contributed by atoms with Crippen LogP contribution in [-0.2, 0) is 0 Å². The highest BCUT2D eigenvalue weighted by molar-refractivity contribution is 5.07. The first kappa shape index (κ1) is 9.50. The van der Waals surface area contributed by atoms with Crippen molar-refractivity contribution in [3.05, 3.63) is 11.8 Å². The normalized spacial score (nSPS) is 15.3. The third kappa shape index (κ3) is 2.87. The SMILES string of the molecule is CCCC(N)/C(=C/N)CC. The van der Waals surface area contributed by atoms with Crippen LogP contribution in [-0.4, -0.2) is 6.04 Å². The Morgan fingerprint density at radius 1 is 1.50 bits per heavy atom. The van der Waals surface area contributed by atoms with Crippen molar-refractivity contribution >= 4 is 0 Å². The minimum Gasteiger partial charge on any atom is -0.405 e. The molecule has 0 bridgehead atoms. The Morgan fingerprint density at radius 3 is 2.40 bits per heavy atom. The Morgan fingerprint density at radius 2 is 2.10 bits per heavy atom. The lowest BCUT2D eigenvalue weighted by Gasteiger charge is -2.11. The van der Waals surface area contributed by atoms with Gasteiger partial charge < -0.3 is 11.5 Å². The molecule has 0 aromatic heterocycles. The van der Waals surface area contributed by atoms with Gasteiger partial charge in [0.2, 0.25) is 0 Å². The van der Waals surface area contributed by atoms with Crippen molar-refractivity contribution in [1.82, 2.24) is 0 Å². The summed E-state index contributed by atoms with van der Waals surface area (Å²) >= 11 is 0. The van der Waals surface area contributed by atoms with Crippen LogP contribution in [0.4, 0.5) is 0 Å². The highest BCUT2D eigenvalue weighted by Gasteiger charge is 2.03. The van der Waals surface area contributed by atoms with E-state index in [2.05, 4.69) is 13.8 Å². The molecular weight excluding hydrogens is 124 g/mol. The third-order valence-corrected chi connectivity index (χ3v) is 1.70. The van der Waals surface area contributed by atoms with Crippen LogP contribution in [0.25, 0.3) is 0 Å². The molecule has 0 aromatic rings. The molecule has 0 rings (SSSR count). The third-order valence-electron chi connectivity index (χ3n) is 1.70. The fraction of sp³-hybridized carbons (Fsp3) is 0.750. The van der Waals surface area contributed by atoms with Crippen LogP contribution < -0.4 is 11.5 Å². The largest absolute Gasteiger partial charge is 0.405 e. The number of hydrogen-bond donors (Lipinski definition) is 2. The van der Waals surface area contributed by atoms with E-state index in [1.54, 1.807) is 6.20 Å². The fourth-order valence-corrected chi connectivity index (χ4v) is 1.00. The molecule has 0 aliphatic heterocycles. The molecule has 0 saturated heterocycles. The summed E-state index contributed by atoms with van der Waals surface area (Å²) in [5.74, 6) is 0. The monoisotopic (exact) mass is 142 g/mol. The van der Waals surface area contributed by atoms with Gasteiger partial charge in [0.15, 0.2) is 0 Å². The molecule has 2 nitrogen and oxygen atoms in total. The lowest BCUT2D eigenvalue weighted by molar-refractivity contribution is 0.655. The average Bonchev–Trinajstić information content (AvgIpc) is 1.91. The van der Waals surface area contributed by atoms with E-state index in [9.17, 15) is 0 Å². The Bertz CT molecular complexity index is 108. The van der Waals surface area contributed by atoms with Gasteiger partial charge in [-0.25, -0.2) is 0 Å². The van der Waals surface area contributed by atoms with E-state index in [1.165, 1.54) is 5.57 Å². The second-order valence-corrected chi connectivity index (χ2v) is 2.49. The Balaban J connectivity index is 3.77. The lowest BCUT2D eigenvalue weighted by Crippen LogP contribution is -2.22. The van der Waals surface area contributed by atoms with Gasteiger partial charge in [0.05, 0.1) is 0 Å². The molecule has 0 saturated carbocycles. The Kier molecular flexibility index (Phi) is 5.03. The van der Waals surface area contributed by atoms with Gasteiger partial charge in [-0.15, -0.1) is 0 Å². The zero-order valence-corrected chi connectivity index (χ0v) is 6.93. The van der Waals surface area contributed by atoms with Gasteiger partial charge >= 0.3 is 0 Å². The zero-order chi connectivity index (χ0) is 7.98. The van der Waals surface area contributed by atoms with E-state index in [0.717, 1.165) is 19.3 Å². The molecule has 60 valence electrons. The summed E-state index contributed by atoms with van der Waals surface area (Å²) in [5, 5.41) is 0. The van der Waals surface area contributed by atoms with E-state index in [1.807, 2.05) is 0 Å². The van der Waals surface area contributed by atoms with Crippen molar-refractivity contribution in [1.29, 1.82) is 0 Å². The molecular formula is C8H18N2. The van der Waals surface area contributed by atoms with Crippen LogP contribution in [0.15, 0.2) is 11.8 Å². The summed E-state index contributed by atoms with van der Waals surface area (Å²) in [5.41, 5.74) is 12.3. The molecule has 0 aliphatic carbocycles.